The van der Waals surface area contributed by atoms with E-state index in [4.69, 9.17) is 8.83 Å². The first-order valence-electron chi connectivity index (χ1n) is 16.6. The number of rotatable bonds is 6. The molecule has 0 aliphatic rings. The SMILES string of the molecule is CC(C)[Si](C#Cc1cc2c(ccc3c2ccc2c4cc(C#C[Si](C(C)C)(C(C)C)C(C)C)oc4ccc23)o1)(C(C)C)C(C)C. The Bertz CT molecular complexity index is 1770. The lowest BCUT2D eigenvalue weighted by Crippen LogP contribution is -2.43. The molecule has 0 saturated carbocycles. The molecule has 3 aromatic carbocycles. The lowest BCUT2D eigenvalue weighted by molar-refractivity contribution is 0.601. The third kappa shape index (κ3) is 5.15. The summed E-state index contributed by atoms with van der Waals surface area (Å²) in [5.41, 5.74) is 12.9. The molecule has 0 aliphatic carbocycles. The molecule has 0 spiro atoms. The van der Waals surface area contributed by atoms with Gasteiger partial charge in [0.15, 0.2) is 11.5 Å². The van der Waals surface area contributed by atoms with E-state index >= 15 is 0 Å². The van der Waals surface area contributed by atoms with E-state index in [-0.39, 0.29) is 0 Å². The standard InChI is InChI=1S/C40H50O2Si2/c1-25(2)43(26(3)4,27(5)6)21-19-31-23-37-35-13-14-36-34(33(35)15-17-39(37)41-31)16-18-40-38(36)24-32(42-40)20-22-44(28(7)8,29(9)10)30(11)12/h13-18,23-30H,1-12H3. The van der Waals surface area contributed by atoms with Crippen LogP contribution in [0.15, 0.2) is 57.4 Å². The van der Waals surface area contributed by atoms with Crippen LogP contribution in [0, 0.1) is 22.9 Å². The van der Waals surface area contributed by atoms with Gasteiger partial charge < -0.3 is 8.83 Å². The maximum Gasteiger partial charge on any atom is 0.177 e. The zero-order chi connectivity index (χ0) is 32.1. The topological polar surface area (TPSA) is 26.3 Å². The summed E-state index contributed by atoms with van der Waals surface area (Å²) in [6.45, 7) is 28.2. The fourth-order valence-electron chi connectivity index (χ4n) is 8.59. The molecule has 2 nitrogen and oxygen atoms in total. The van der Waals surface area contributed by atoms with Crippen LogP contribution in [-0.4, -0.2) is 16.1 Å². The summed E-state index contributed by atoms with van der Waals surface area (Å²) in [5.74, 6) is 8.56. The Hall–Kier alpha value is -3.19. The second-order valence-corrected chi connectivity index (χ2v) is 25.9. The average Bonchev–Trinajstić information content (AvgIpc) is 3.56. The fraction of sp³-hybridized carbons (Fsp3) is 0.450. The molecule has 0 bridgehead atoms. The van der Waals surface area contributed by atoms with Crippen molar-refractivity contribution in [1.29, 1.82) is 0 Å². The van der Waals surface area contributed by atoms with Crippen molar-refractivity contribution >= 4 is 59.6 Å². The number of hydrogen-bond acceptors (Lipinski definition) is 2. The van der Waals surface area contributed by atoms with Crippen molar-refractivity contribution in [3.63, 3.8) is 0 Å². The molecule has 2 heterocycles. The predicted molar refractivity (Wildman–Crippen MR) is 197 cm³/mol. The van der Waals surface area contributed by atoms with Crippen LogP contribution in [0.25, 0.3) is 43.5 Å². The van der Waals surface area contributed by atoms with Gasteiger partial charge in [-0.2, -0.15) is 0 Å². The van der Waals surface area contributed by atoms with Crippen LogP contribution in [0.1, 0.15) is 94.6 Å². The Morgan fingerprint density at radius 2 is 0.682 bits per heavy atom. The van der Waals surface area contributed by atoms with Crippen LogP contribution in [0.3, 0.4) is 0 Å². The van der Waals surface area contributed by atoms with Gasteiger partial charge in [-0.25, -0.2) is 0 Å². The van der Waals surface area contributed by atoms with E-state index in [2.05, 4.69) is 155 Å². The van der Waals surface area contributed by atoms with Gasteiger partial charge in [0.1, 0.15) is 27.3 Å². The molecule has 0 atom stereocenters. The summed E-state index contributed by atoms with van der Waals surface area (Å²) in [6.07, 6.45) is 0. The highest BCUT2D eigenvalue weighted by Gasteiger charge is 2.42. The largest absolute Gasteiger partial charge is 0.448 e. The second-order valence-electron chi connectivity index (χ2n) is 14.7. The zero-order valence-electron chi connectivity index (χ0n) is 28.9. The summed E-state index contributed by atoms with van der Waals surface area (Å²) in [6, 6.07) is 17.3. The number of hydrogen-bond donors (Lipinski definition) is 0. The molecular weight excluding hydrogens is 569 g/mol. The predicted octanol–water partition coefficient (Wildman–Crippen LogP) is 12.6. The quantitative estimate of drug-likeness (QED) is 0.107. The van der Waals surface area contributed by atoms with Crippen LogP contribution in [0.2, 0.25) is 33.2 Å². The molecule has 5 aromatic rings. The summed E-state index contributed by atoms with van der Waals surface area (Å²) in [7, 11) is -3.69. The summed E-state index contributed by atoms with van der Waals surface area (Å²) >= 11 is 0. The Labute approximate surface area is 267 Å². The van der Waals surface area contributed by atoms with Gasteiger partial charge >= 0.3 is 0 Å². The van der Waals surface area contributed by atoms with Gasteiger partial charge in [-0.3, -0.25) is 0 Å². The molecule has 0 aliphatic heterocycles. The number of fused-ring (bicyclic) bond motifs is 7. The van der Waals surface area contributed by atoms with Crippen LogP contribution < -0.4 is 0 Å². The highest BCUT2D eigenvalue weighted by molar-refractivity contribution is 6.91. The van der Waals surface area contributed by atoms with Crippen LogP contribution in [0.5, 0.6) is 0 Å². The minimum Gasteiger partial charge on any atom is -0.448 e. The highest BCUT2D eigenvalue weighted by atomic mass is 28.3. The van der Waals surface area contributed by atoms with Gasteiger partial charge in [-0.05, 0) is 78.8 Å². The zero-order valence-corrected chi connectivity index (χ0v) is 30.9. The maximum atomic E-state index is 6.32. The van der Waals surface area contributed by atoms with Crippen molar-refractivity contribution < 1.29 is 8.83 Å². The lowest BCUT2D eigenvalue weighted by atomic mass is 9.98. The Morgan fingerprint density at radius 3 is 0.977 bits per heavy atom. The Kier molecular flexibility index (Phi) is 8.76. The van der Waals surface area contributed by atoms with E-state index in [9.17, 15) is 0 Å². The molecule has 0 radical (unpaired) electrons. The molecule has 0 unspecified atom stereocenters. The first-order valence-corrected chi connectivity index (χ1v) is 21.1. The average molecular weight is 619 g/mol. The normalized spacial score (nSPS) is 13.0. The van der Waals surface area contributed by atoms with E-state index in [0.717, 1.165) is 33.5 Å². The van der Waals surface area contributed by atoms with E-state index in [1.165, 1.54) is 21.5 Å². The van der Waals surface area contributed by atoms with Crippen molar-refractivity contribution in [3.05, 3.63) is 60.1 Å². The van der Waals surface area contributed by atoms with Crippen molar-refractivity contribution in [2.24, 2.45) is 0 Å². The highest BCUT2D eigenvalue weighted by Crippen LogP contribution is 2.42. The first-order chi connectivity index (χ1) is 20.7. The Morgan fingerprint density at radius 1 is 0.409 bits per heavy atom. The van der Waals surface area contributed by atoms with Gasteiger partial charge in [0.25, 0.3) is 0 Å². The van der Waals surface area contributed by atoms with Gasteiger partial charge in [0.2, 0.25) is 0 Å². The lowest BCUT2D eigenvalue weighted by Gasteiger charge is -2.37. The monoisotopic (exact) mass is 618 g/mol. The van der Waals surface area contributed by atoms with Crippen molar-refractivity contribution in [1.82, 2.24) is 0 Å². The molecule has 44 heavy (non-hydrogen) atoms. The van der Waals surface area contributed by atoms with E-state index < -0.39 is 16.1 Å². The first kappa shape index (κ1) is 32.2. The summed E-state index contributed by atoms with van der Waals surface area (Å²) in [5, 5.41) is 7.05. The number of furan rings is 2. The van der Waals surface area contributed by atoms with Crippen molar-refractivity contribution in [2.45, 2.75) is 116 Å². The third-order valence-corrected chi connectivity index (χ3v) is 23.3. The smallest absolute Gasteiger partial charge is 0.177 e. The maximum absolute atomic E-state index is 6.32. The molecule has 2 aromatic heterocycles. The van der Waals surface area contributed by atoms with Crippen LogP contribution in [0.4, 0.5) is 0 Å². The van der Waals surface area contributed by atoms with Crippen molar-refractivity contribution in [2.75, 3.05) is 0 Å². The van der Waals surface area contributed by atoms with E-state index in [1.54, 1.807) is 0 Å². The summed E-state index contributed by atoms with van der Waals surface area (Å²) in [4.78, 5) is 0. The van der Waals surface area contributed by atoms with Gasteiger partial charge in [-0.15, -0.1) is 11.1 Å². The number of benzene rings is 3. The Balaban J connectivity index is 1.61. The fourth-order valence-corrected chi connectivity index (χ4v) is 19.0. The molecule has 0 N–H and O–H groups in total. The molecular formula is C40H50O2Si2. The molecule has 0 saturated heterocycles. The molecule has 4 heteroatoms. The third-order valence-electron chi connectivity index (χ3n) is 10.7. The molecule has 0 fully saturated rings. The van der Waals surface area contributed by atoms with Crippen molar-refractivity contribution in [3.8, 4) is 22.9 Å². The second kappa shape index (κ2) is 12.0. The van der Waals surface area contributed by atoms with Crippen LogP contribution in [-0.2, 0) is 0 Å². The minimum atomic E-state index is -1.84. The van der Waals surface area contributed by atoms with Gasteiger partial charge in [0.05, 0.1) is 0 Å². The minimum absolute atomic E-state index is 0.586. The molecule has 230 valence electrons. The van der Waals surface area contributed by atoms with E-state index in [1.807, 2.05) is 0 Å². The van der Waals surface area contributed by atoms with Gasteiger partial charge in [0, 0.05) is 22.9 Å². The molecule has 0 amide bonds. The molecule has 5 rings (SSSR count). The summed E-state index contributed by atoms with van der Waals surface area (Å²) < 4.78 is 12.6. The van der Waals surface area contributed by atoms with Crippen LogP contribution >= 0.6 is 0 Å². The van der Waals surface area contributed by atoms with E-state index in [0.29, 0.717) is 33.2 Å². The van der Waals surface area contributed by atoms with Gasteiger partial charge in [-0.1, -0.05) is 107 Å².